The summed E-state index contributed by atoms with van der Waals surface area (Å²) in [6, 6.07) is 5.34. The zero-order chi connectivity index (χ0) is 16.0. The summed E-state index contributed by atoms with van der Waals surface area (Å²) in [7, 11) is 3.19. The molecule has 0 bridgehead atoms. The van der Waals surface area contributed by atoms with E-state index >= 15 is 0 Å². The summed E-state index contributed by atoms with van der Waals surface area (Å²) in [4.78, 5) is 11.9. The lowest BCUT2D eigenvalue weighted by molar-refractivity contribution is -0.122. The lowest BCUT2D eigenvalue weighted by Gasteiger charge is -2.26. The van der Waals surface area contributed by atoms with Crippen molar-refractivity contribution in [2.75, 3.05) is 14.2 Å². The number of methoxy groups -OCH3 is 2. The molecule has 0 saturated carbocycles. The van der Waals surface area contributed by atoms with Crippen LogP contribution in [0.3, 0.4) is 0 Å². The van der Waals surface area contributed by atoms with Gasteiger partial charge in [-0.2, -0.15) is 0 Å². The lowest BCUT2D eigenvalue weighted by atomic mass is 9.85. The first-order chi connectivity index (χ1) is 9.77. The molecule has 1 aromatic carbocycles. The molecule has 3 N–H and O–H groups in total. The van der Waals surface area contributed by atoms with Gasteiger partial charge in [0.25, 0.3) is 0 Å². The van der Waals surface area contributed by atoms with E-state index in [0.29, 0.717) is 18.7 Å². The number of ether oxygens (including phenoxy) is 2. The zero-order valence-electron chi connectivity index (χ0n) is 13.5. The molecule has 5 heteroatoms. The minimum atomic E-state index is -0.171. The van der Waals surface area contributed by atoms with Gasteiger partial charge in [0, 0.05) is 30.6 Å². The molecule has 118 valence electrons. The van der Waals surface area contributed by atoms with Crippen molar-refractivity contribution in [3.63, 3.8) is 0 Å². The van der Waals surface area contributed by atoms with Crippen molar-refractivity contribution in [1.29, 1.82) is 0 Å². The molecule has 0 aliphatic rings. The highest BCUT2D eigenvalue weighted by Crippen LogP contribution is 2.24. The highest BCUT2D eigenvalue weighted by Gasteiger charge is 2.23. The van der Waals surface area contributed by atoms with Crippen LogP contribution in [0.2, 0.25) is 0 Å². The van der Waals surface area contributed by atoms with E-state index in [-0.39, 0.29) is 17.4 Å². The van der Waals surface area contributed by atoms with Gasteiger partial charge in [-0.1, -0.05) is 20.8 Å². The molecule has 1 aromatic rings. The van der Waals surface area contributed by atoms with E-state index in [1.807, 2.05) is 32.9 Å². The minimum absolute atomic E-state index is 0.0599. The predicted octanol–water partition coefficient (Wildman–Crippen LogP) is 2.08. The Balaban J connectivity index is 2.61. The van der Waals surface area contributed by atoms with Crippen molar-refractivity contribution < 1.29 is 14.3 Å². The molecule has 0 heterocycles. The molecule has 0 saturated heterocycles. The second kappa shape index (κ2) is 7.31. The Hall–Kier alpha value is -1.75. The van der Waals surface area contributed by atoms with Crippen LogP contribution < -0.4 is 20.5 Å². The Morgan fingerprint density at radius 1 is 1.29 bits per heavy atom. The number of nitrogens with two attached hydrogens (primary N) is 1. The number of amides is 1. The molecule has 0 radical (unpaired) electrons. The summed E-state index contributed by atoms with van der Waals surface area (Å²) in [5, 5.41) is 2.87. The Bertz CT molecular complexity index is 481. The summed E-state index contributed by atoms with van der Waals surface area (Å²) < 4.78 is 10.4. The number of hydrogen-bond acceptors (Lipinski definition) is 4. The first-order valence-electron chi connectivity index (χ1n) is 7.01. The van der Waals surface area contributed by atoms with E-state index in [4.69, 9.17) is 15.2 Å². The topological polar surface area (TPSA) is 73.6 Å². The second-order valence-corrected chi connectivity index (χ2v) is 6.13. The van der Waals surface area contributed by atoms with Crippen molar-refractivity contribution in [3.8, 4) is 11.5 Å². The van der Waals surface area contributed by atoms with Gasteiger partial charge < -0.3 is 20.5 Å². The maximum atomic E-state index is 11.9. The van der Waals surface area contributed by atoms with Gasteiger partial charge in [0.2, 0.25) is 5.91 Å². The van der Waals surface area contributed by atoms with Crippen LogP contribution in [0.5, 0.6) is 11.5 Å². The largest absolute Gasteiger partial charge is 0.497 e. The molecule has 0 spiro atoms. The number of nitrogens with one attached hydrogen (secondary N) is 1. The van der Waals surface area contributed by atoms with E-state index in [2.05, 4.69) is 5.32 Å². The first-order valence-corrected chi connectivity index (χ1v) is 7.01. The molecule has 0 aliphatic carbocycles. The van der Waals surface area contributed by atoms with E-state index in [1.54, 1.807) is 20.3 Å². The molecule has 0 aromatic heterocycles. The highest BCUT2D eigenvalue weighted by atomic mass is 16.5. The van der Waals surface area contributed by atoms with Gasteiger partial charge in [-0.05, 0) is 17.5 Å². The molecule has 5 nitrogen and oxygen atoms in total. The van der Waals surface area contributed by atoms with Crippen LogP contribution in [0.25, 0.3) is 0 Å². The zero-order valence-corrected chi connectivity index (χ0v) is 13.5. The quantitative estimate of drug-likeness (QED) is 0.842. The first kappa shape index (κ1) is 17.3. The number of benzene rings is 1. The standard InChI is InChI=1S/C16H26N2O3/c1-16(2,3)14(17)9-15(19)18-10-11-6-7-12(20-4)8-13(11)21-5/h6-8,14H,9-10,17H2,1-5H3,(H,18,19). The third-order valence-electron chi connectivity index (χ3n) is 3.49. The number of carbonyl (C=O) groups is 1. The Kier molecular flexibility index (Phi) is 6.03. The molecule has 1 unspecified atom stereocenters. The maximum Gasteiger partial charge on any atom is 0.221 e. The minimum Gasteiger partial charge on any atom is -0.497 e. The normalized spacial score (nSPS) is 12.7. The molecular formula is C16H26N2O3. The third kappa shape index (κ3) is 5.27. The monoisotopic (exact) mass is 294 g/mol. The number of carbonyl (C=O) groups excluding carboxylic acids is 1. The Morgan fingerprint density at radius 2 is 1.95 bits per heavy atom. The lowest BCUT2D eigenvalue weighted by Crippen LogP contribution is -2.40. The van der Waals surface area contributed by atoms with Crippen LogP contribution >= 0.6 is 0 Å². The van der Waals surface area contributed by atoms with Gasteiger partial charge in [-0.25, -0.2) is 0 Å². The maximum absolute atomic E-state index is 11.9. The third-order valence-corrected chi connectivity index (χ3v) is 3.49. The summed E-state index contributed by atoms with van der Waals surface area (Å²) in [5.41, 5.74) is 6.82. The summed E-state index contributed by atoms with van der Waals surface area (Å²) in [6.45, 7) is 6.48. The van der Waals surface area contributed by atoms with Crippen LogP contribution in [0.4, 0.5) is 0 Å². The highest BCUT2D eigenvalue weighted by molar-refractivity contribution is 5.76. The van der Waals surface area contributed by atoms with Gasteiger partial charge in [0.1, 0.15) is 11.5 Å². The van der Waals surface area contributed by atoms with Crippen molar-refractivity contribution in [2.45, 2.75) is 39.8 Å². The van der Waals surface area contributed by atoms with E-state index in [0.717, 1.165) is 11.3 Å². The fraction of sp³-hybridized carbons (Fsp3) is 0.562. The van der Waals surface area contributed by atoms with E-state index < -0.39 is 0 Å². The SMILES string of the molecule is COc1ccc(CNC(=O)CC(N)C(C)(C)C)c(OC)c1. The van der Waals surface area contributed by atoms with Crippen LogP contribution in [-0.2, 0) is 11.3 Å². The van der Waals surface area contributed by atoms with Gasteiger partial charge in [-0.15, -0.1) is 0 Å². The average Bonchev–Trinajstić information content (AvgIpc) is 2.43. The Morgan fingerprint density at radius 3 is 2.48 bits per heavy atom. The van der Waals surface area contributed by atoms with Crippen LogP contribution in [0.1, 0.15) is 32.8 Å². The summed E-state index contributed by atoms with van der Waals surface area (Å²) >= 11 is 0. The molecule has 1 rings (SSSR count). The van der Waals surface area contributed by atoms with E-state index in [1.165, 1.54) is 0 Å². The van der Waals surface area contributed by atoms with Crippen molar-refractivity contribution >= 4 is 5.91 Å². The summed E-state index contributed by atoms with van der Waals surface area (Å²) in [5.74, 6) is 1.35. The van der Waals surface area contributed by atoms with Crippen LogP contribution in [0.15, 0.2) is 18.2 Å². The molecule has 0 fully saturated rings. The van der Waals surface area contributed by atoms with Gasteiger partial charge in [-0.3, -0.25) is 4.79 Å². The van der Waals surface area contributed by atoms with Gasteiger partial charge >= 0.3 is 0 Å². The van der Waals surface area contributed by atoms with Crippen LogP contribution in [-0.4, -0.2) is 26.2 Å². The van der Waals surface area contributed by atoms with E-state index in [9.17, 15) is 4.79 Å². The van der Waals surface area contributed by atoms with Crippen molar-refractivity contribution in [2.24, 2.45) is 11.1 Å². The molecule has 0 aliphatic heterocycles. The smallest absolute Gasteiger partial charge is 0.221 e. The van der Waals surface area contributed by atoms with Crippen LogP contribution in [0, 0.1) is 5.41 Å². The fourth-order valence-electron chi connectivity index (χ4n) is 1.77. The molecule has 1 atom stereocenters. The van der Waals surface area contributed by atoms with Crippen molar-refractivity contribution in [3.05, 3.63) is 23.8 Å². The van der Waals surface area contributed by atoms with Gasteiger partial charge in [0.15, 0.2) is 0 Å². The summed E-state index contributed by atoms with van der Waals surface area (Å²) in [6.07, 6.45) is 0.308. The average molecular weight is 294 g/mol. The fourth-order valence-corrected chi connectivity index (χ4v) is 1.77. The second-order valence-electron chi connectivity index (χ2n) is 6.13. The van der Waals surface area contributed by atoms with Gasteiger partial charge in [0.05, 0.1) is 14.2 Å². The predicted molar refractivity (Wildman–Crippen MR) is 83.4 cm³/mol. The molecular weight excluding hydrogens is 268 g/mol. The molecule has 1 amide bonds. The van der Waals surface area contributed by atoms with Crippen molar-refractivity contribution in [1.82, 2.24) is 5.32 Å². The molecule has 21 heavy (non-hydrogen) atoms. The number of hydrogen-bond donors (Lipinski definition) is 2. The number of rotatable bonds is 6. The Labute approximate surface area is 126 Å².